The highest BCUT2D eigenvalue weighted by Gasteiger charge is 2.43. The van der Waals surface area contributed by atoms with E-state index in [0.717, 1.165) is 25.7 Å². The van der Waals surface area contributed by atoms with E-state index in [-0.39, 0.29) is 13.2 Å². The van der Waals surface area contributed by atoms with Gasteiger partial charge in [-0.1, -0.05) is 39.0 Å². The number of nitrogens with zero attached hydrogens (tertiary/aromatic N) is 1. The quantitative estimate of drug-likeness (QED) is 0.348. The lowest BCUT2D eigenvalue weighted by molar-refractivity contribution is -0.149. The number of carbonyl (C=O) groups excluding carboxylic acids is 2. The van der Waals surface area contributed by atoms with Crippen molar-refractivity contribution in [1.82, 2.24) is 15.5 Å². The van der Waals surface area contributed by atoms with Crippen molar-refractivity contribution in [2.24, 2.45) is 0 Å². The molecule has 5 N–H and O–H groups in total. The number of aliphatic hydroxyl groups excluding tert-OH is 2. The van der Waals surface area contributed by atoms with Crippen molar-refractivity contribution in [1.29, 1.82) is 0 Å². The number of aliphatic hydroxyl groups is 2. The number of carboxylic acids is 1. The topological polar surface area (TPSA) is 139 Å². The van der Waals surface area contributed by atoms with Gasteiger partial charge >= 0.3 is 12.0 Å². The van der Waals surface area contributed by atoms with E-state index < -0.39 is 35.6 Å². The van der Waals surface area contributed by atoms with Crippen molar-refractivity contribution in [3.8, 4) is 0 Å². The number of rotatable bonds is 11. The maximum Gasteiger partial charge on any atom is 0.334 e. The second-order valence-electron chi connectivity index (χ2n) is 7.38. The van der Waals surface area contributed by atoms with E-state index in [1.165, 1.54) is 4.90 Å². The van der Waals surface area contributed by atoms with E-state index in [1.54, 1.807) is 6.92 Å². The van der Waals surface area contributed by atoms with Crippen molar-refractivity contribution in [3.63, 3.8) is 0 Å². The van der Waals surface area contributed by atoms with Crippen LogP contribution in [-0.4, -0.2) is 75.5 Å². The molecule has 9 nitrogen and oxygen atoms in total. The SMILES string of the molecule is CCCC[C@H](NC(=O)C1(NC(=O)N(CC)CCO)CCCCC1)C(O)C(=O)O. The minimum absolute atomic E-state index is 0.164. The number of hydrogen-bond donors (Lipinski definition) is 5. The Morgan fingerprint density at radius 1 is 1.14 bits per heavy atom. The molecule has 9 heteroatoms. The second-order valence-corrected chi connectivity index (χ2v) is 7.38. The molecule has 0 spiro atoms. The number of urea groups is 1. The minimum Gasteiger partial charge on any atom is -0.479 e. The average Bonchev–Trinajstić information content (AvgIpc) is 2.68. The summed E-state index contributed by atoms with van der Waals surface area (Å²) in [6, 6.07) is -1.35. The minimum atomic E-state index is -1.70. The third kappa shape index (κ3) is 6.63. The zero-order valence-electron chi connectivity index (χ0n) is 16.9. The predicted molar refractivity (Wildman–Crippen MR) is 104 cm³/mol. The smallest absolute Gasteiger partial charge is 0.334 e. The molecule has 162 valence electrons. The van der Waals surface area contributed by atoms with Gasteiger partial charge in [-0.15, -0.1) is 0 Å². The van der Waals surface area contributed by atoms with Crippen molar-refractivity contribution in [3.05, 3.63) is 0 Å². The Kier molecular flexibility index (Phi) is 10.2. The normalized spacial score (nSPS) is 18.0. The summed E-state index contributed by atoms with van der Waals surface area (Å²) in [5.74, 6) is -1.84. The van der Waals surface area contributed by atoms with Crippen LogP contribution in [0.5, 0.6) is 0 Å². The van der Waals surface area contributed by atoms with Crippen LogP contribution < -0.4 is 10.6 Å². The molecule has 3 amide bonds. The maximum atomic E-state index is 13.1. The first-order chi connectivity index (χ1) is 13.3. The Hall–Kier alpha value is -1.87. The lowest BCUT2D eigenvalue weighted by atomic mass is 9.80. The molecule has 2 atom stereocenters. The molecular formula is C19H35N3O6. The first kappa shape index (κ1) is 24.2. The molecule has 1 rings (SSSR count). The van der Waals surface area contributed by atoms with Crippen molar-refractivity contribution < 1.29 is 29.7 Å². The van der Waals surface area contributed by atoms with Crippen LogP contribution in [0, 0.1) is 0 Å². The van der Waals surface area contributed by atoms with Gasteiger partial charge in [-0.05, 0) is 26.2 Å². The van der Waals surface area contributed by atoms with Crippen LogP contribution in [0.2, 0.25) is 0 Å². The van der Waals surface area contributed by atoms with Gasteiger partial charge in [0.05, 0.1) is 12.6 Å². The highest BCUT2D eigenvalue weighted by molar-refractivity contribution is 5.91. The largest absolute Gasteiger partial charge is 0.479 e. The van der Waals surface area contributed by atoms with E-state index in [1.807, 2.05) is 6.92 Å². The molecular weight excluding hydrogens is 366 g/mol. The van der Waals surface area contributed by atoms with Gasteiger partial charge in [0.25, 0.3) is 0 Å². The monoisotopic (exact) mass is 401 g/mol. The average molecular weight is 402 g/mol. The van der Waals surface area contributed by atoms with Crippen LogP contribution in [0.25, 0.3) is 0 Å². The summed E-state index contributed by atoms with van der Waals surface area (Å²) in [6.07, 6.45) is 3.48. The van der Waals surface area contributed by atoms with Gasteiger partial charge in [-0.3, -0.25) is 4.79 Å². The molecule has 0 radical (unpaired) electrons. The summed E-state index contributed by atoms with van der Waals surface area (Å²) in [5.41, 5.74) is -1.14. The lowest BCUT2D eigenvalue weighted by Gasteiger charge is -2.39. The number of hydrogen-bond acceptors (Lipinski definition) is 5. The van der Waals surface area contributed by atoms with Crippen LogP contribution in [0.3, 0.4) is 0 Å². The third-order valence-corrected chi connectivity index (χ3v) is 5.35. The maximum absolute atomic E-state index is 13.1. The molecule has 28 heavy (non-hydrogen) atoms. The van der Waals surface area contributed by atoms with Crippen LogP contribution in [0.15, 0.2) is 0 Å². The molecule has 0 aromatic rings. The predicted octanol–water partition coefficient (Wildman–Crippen LogP) is 0.834. The Balaban J connectivity index is 2.98. The summed E-state index contributed by atoms with van der Waals surface area (Å²) < 4.78 is 0. The molecule has 0 bridgehead atoms. The molecule has 1 unspecified atom stereocenters. The van der Waals surface area contributed by atoms with Gasteiger partial charge in [-0.25, -0.2) is 9.59 Å². The van der Waals surface area contributed by atoms with Crippen LogP contribution in [-0.2, 0) is 9.59 Å². The number of carbonyl (C=O) groups is 3. The molecule has 0 heterocycles. The summed E-state index contributed by atoms with van der Waals surface area (Å²) in [5, 5.41) is 33.8. The third-order valence-electron chi connectivity index (χ3n) is 5.35. The molecule has 1 aliphatic rings. The molecule has 1 fully saturated rings. The van der Waals surface area contributed by atoms with Gasteiger partial charge in [0, 0.05) is 13.1 Å². The molecule has 0 aromatic carbocycles. The van der Waals surface area contributed by atoms with Crippen LogP contribution >= 0.6 is 0 Å². The van der Waals surface area contributed by atoms with Crippen molar-refractivity contribution in [2.75, 3.05) is 19.7 Å². The highest BCUT2D eigenvalue weighted by atomic mass is 16.4. The van der Waals surface area contributed by atoms with E-state index in [0.29, 0.717) is 32.2 Å². The Morgan fingerprint density at radius 2 is 1.79 bits per heavy atom. The van der Waals surface area contributed by atoms with E-state index >= 15 is 0 Å². The molecule has 0 saturated heterocycles. The fourth-order valence-electron chi connectivity index (χ4n) is 3.58. The van der Waals surface area contributed by atoms with E-state index in [9.17, 15) is 19.5 Å². The van der Waals surface area contributed by atoms with Crippen LogP contribution in [0.4, 0.5) is 4.79 Å². The molecule has 0 aromatic heterocycles. The van der Waals surface area contributed by atoms with E-state index in [4.69, 9.17) is 10.2 Å². The van der Waals surface area contributed by atoms with E-state index in [2.05, 4.69) is 10.6 Å². The van der Waals surface area contributed by atoms with Gasteiger partial charge < -0.3 is 30.9 Å². The Labute approximate surface area is 166 Å². The Morgan fingerprint density at radius 3 is 2.29 bits per heavy atom. The first-order valence-corrected chi connectivity index (χ1v) is 10.2. The first-order valence-electron chi connectivity index (χ1n) is 10.2. The zero-order chi connectivity index (χ0) is 21.2. The second kappa shape index (κ2) is 11.9. The molecule has 1 aliphatic carbocycles. The number of carboxylic acid groups (broad SMARTS) is 1. The molecule has 0 aliphatic heterocycles. The van der Waals surface area contributed by atoms with Crippen molar-refractivity contribution >= 4 is 17.9 Å². The van der Waals surface area contributed by atoms with Crippen molar-refractivity contribution in [2.45, 2.75) is 82.9 Å². The summed E-state index contributed by atoms with van der Waals surface area (Å²) >= 11 is 0. The van der Waals surface area contributed by atoms with Gasteiger partial charge in [0.2, 0.25) is 5.91 Å². The number of nitrogens with one attached hydrogen (secondary N) is 2. The van der Waals surface area contributed by atoms with Gasteiger partial charge in [0.1, 0.15) is 5.54 Å². The zero-order valence-corrected chi connectivity index (χ0v) is 16.9. The summed E-state index contributed by atoms with van der Waals surface area (Å²) in [6.45, 7) is 4.10. The molecule has 1 saturated carbocycles. The number of unbranched alkanes of at least 4 members (excludes halogenated alkanes) is 1. The number of likely N-dealkylation sites (N-methyl/N-ethyl adjacent to an activating group) is 1. The standard InChI is InChI=1S/C19H35N3O6/c1-3-5-9-14(15(24)16(25)26)20-17(27)19(10-7-6-8-11-19)21-18(28)22(4-2)12-13-23/h14-15,23-24H,3-13H2,1-2H3,(H,20,27)(H,21,28)(H,25,26)/t14-,15?/m0/s1. The van der Waals surface area contributed by atoms with Crippen LogP contribution in [0.1, 0.15) is 65.2 Å². The fourth-order valence-corrected chi connectivity index (χ4v) is 3.58. The number of amides is 3. The number of aliphatic carboxylic acids is 1. The lowest BCUT2D eigenvalue weighted by Crippen LogP contribution is -2.64. The fraction of sp³-hybridized carbons (Fsp3) is 0.842. The highest BCUT2D eigenvalue weighted by Crippen LogP contribution is 2.29. The summed E-state index contributed by atoms with van der Waals surface area (Å²) in [7, 11) is 0. The van der Waals surface area contributed by atoms with Gasteiger partial charge in [0.15, 0.2) is 6.10 Å². The Bertz CT molecular complexity index is 522. The van der Waals surface area contributed by atoms with Gasteiger partial charge in [-0.2, -0.15) is 0 Å². The summed E-state index contributed by atoms with van der Waals surface area (Å²) in [4.78, 5) is 38.4.